The van der Waals surface area contributed by atoms with Crippen LogP contribution in [-0.4, -0.2) is 64.2 Å². The fourth-order valence-corrected chi connectivity index (χ4v) is 4.11. The Hall–Kier alpha value is -4.81. The van der Waals surface area contributed by atoms with Crippen LogP contribution in [0.5, 0.6) is 0 Å². The Labute approximate surface area is 220 Å². The summed E-state index contributed by atoms with van der Waals surface area (Å²) in [5.74, 6) is -5.50. The van der Waals surface area contributed by atoms with Crippen LogP contribution in [0.2, 0.25) is 0 Å². The van der Waals surface area contributed by atoms with Crippen molar-refractivity contribution < 1.29 is 61.3 Å². The van der Waals surface area contributed by atoms with Gasteiger partial charge < -0.3 is 30.4 Å². The minimum Gasteiger partial charge on any atom is -0.478 e. The summed E-state index contributed by atoms with van der Waals surface area (Å²) >= 11 is 0. The molecule has 0 saturated carbocycles. The average molecular weight is 534 g/mol. The second-order valence-electron chi connectivity index (χ2n) is 7.72. The van der Waals surface area contributed by atoms with Gasteiger partial charge in [0.25, 0.3) is 0 Å². The van der Waals surface area contributed by atoms with E-state index < -0.39 is 23.9 Å². The molecule has 0 spiro atoms. The van der Waals surface area contributed by atoms with Gasteiger partial charge in [0.2, 0.25) is 0 Å². The van der Waals surface area contributed by atoms with Crippen molar-refractivity contribution in [3.8, 4) is 0 Å². The average Bonchev–Trinajstić information content (AvgIpc) is 3.57. The van der Waals surface area contributed by atoms with Crippen molar-refractivity contribution in [3.63, 3.8) is 0 Å². The van der Waals surface area contributed by atoms with Gasteiger partial charge in [0.15, 0.2) is 0 Å². The fourth-order valence-electron chi connectivity index (χ4n) is 4.11. The Morgan fingerprint density at radius 2 is 0.757 bits per heavy atom. The maximum Gasteiger partial charge on any atom is 0.340 e. The number of fused-ring (bicyclic) bond motifs is 8. The van der Waals surface area contributed by atoms with E-state index >= 15 is 0 Å². The third-order valence-electron chi connectivity index (χ3n) is 5.61. The predicted octanol–water partition coefficient (Wildman–Crippen LogP) is 3.45. The fraction of sp³-hybridized carbons (Fsp3) is 0. The number of aromatic nitrogens is 4. The molecule has 0 fully saturated rings. The molecule has 2 aliphatic heterocycles. The van der Waals surface area contributed by atoms with Gasteiger partial charge >= 0.3 is 23.9 Å². The molecule has 0 atom stereocenters. The zero-order valence-corrected chi connectivity index (χ0v) is 20.0. The summed E-state index contributed by atoms with van der Waals surface area (Å²) in [6, 6.07) is 5.45. The normalized spacial score (nSPS) is 11.7. The Morgan fingerprint density at radius 3 is 1.05 bits per heavy atom. The first kappa shape index (κ1) is 25.3. The molecular weight excluding hydrogens is 520 g/mol. The van der Waals surface area contributed by atoms with Crippen molar-refractivity contribution in [2.45, 2.75) is 0 Å². The second-order valence-corrected chi connectivity index (χ2v) is 7.72. The van der Waals surface area contributed by atoms with Crippen LogP contribution >= 0.6 is 0 Å². The van der Waals surface area contributed by atoms with Gasteiger partial charge in [-0.3, -0.25) is 0 Å². The Bertz CT molecular complexity index is 1650. The first-order chi connectivity index (χ1) is 17.2. The van der Waals surface area contributed by atoms with Crippen molar-refractivity contribution in [2.24, 2.45) is 0 Å². The van der Waals surface area contributed by atoms with Gasteiger partial charge in [-0.25, -0.2) is 29.1 Å². The number of nitrogens with one attached hydrogen (secondary N) is 2. The second kappa shape index (κ2) is 9.34. The van der Waals surface area contributed by atoms with Gasteiger partial charge in [0.05, 0.1) is 44.8 Å². The van der Waals surface area contributed by atoms with E-state index in [1.54, 1.807) is 0 Å². The summed E-state index contributed by atoms with van der Waals surface area (Å²) in [5, 5.41) is 39.5. The predicted molar refractivity (Wildman–Crippen MR) is 127 cm³/mol. The molecule has 6 N–H and O–H groups in total. The van der Waals surface area contributed by atoms with Crippen LogP contribution in [0.4, 0.5) is 0 Å². The molecule has 5 heterocycles. The summed E-state index contributed by atoms with van der Waals surface area (Å²) in [4.78, 5) is 62.4. The molecule has 0 aliphatic carbocycles. The Kier molecular flexibility index (Phi) is 6.38. The molecule has 3 aromatic heterocycles. The largest absolute Gasteiger partial charge is 0.478 e. The van der Waals surface area contributed by atoms with E-state index in [2.05, 4.69) is 19.9 Å². The van der Waals surface area contributed by atoms with E-state index in [0.29, 0.717) is 0 Å². The van der Waals surface area contributed by atoms with Crippen LogP contribution in [-0.2, 0) is 21.7 Å². The molecule has 13 heteroatoms. The molecule has 182 valence electrons. The van der Waals surface area contributed by atoms with Crippen LogP contribution in [0.25, 0.3) is 46.4 Å². The van der Waals surface area contributed by atoms with Crippen molar-refractivity contribution in [2.75, 3.05) is 0 Å². The third kappa shape index (κ3) is 4.24. The molecule has 5 rings (SSSR count). The number of carboxylic acid groups (broad SMARTS) is 4. The topological polar surface area (TPSA) is 207 Å². The van der Waals surface area contributed by atoms with E-state index in [1.807, 2.05) is 0 Å². The first-order valence-electron chi connectivity index (χ1n) is 10.2. The number of hydrogen-bond donors (Lipinski definition) is 6. The smallest absolute Gasteiger partial charge is 0.340 e. The van der Waals surface area contributed by atoms with Gasteiger partial charge in [-0.1, -0.05) is 0 Å². The van der Waals surface area contributed by atoms with Gasteiger partial charge in [-0.15, -0.1) is 0 Å². The van der Waals surface area contributed by atoms with Gasteiger partial charge in [-0.2, -0.15) is 0 Å². The monoisotopic (exact) mass is 534 g/mol. The molecule has 12 nitrogen and oxygen atoms in total. The van der Waals surface area contributed by atoms with Crippen molar-refractivity contribution >= 4 is 70.2 Å². The molecule has 8 bridgehead atoms. The minimum absolute atomic E-state index is 0. The third-order valence-corrected chi connectivity index (χ3v) is 5.61. The number of carboxylic acids is 4. The Morgan fingerprint density at radius 1 is 0.486 bits per heavy atom. The van der Waals surface area contributed by atoms with E-state index in [-0.39, 0.29) is 88.8 Å². The summed E-state index contributed by atoms with van der Waals surface area (Å²) in [5.41, 5.74) is -1.38. The molecule has 0 saturated heterocycles. The zero-order chi connectivity index (χ0) is 25.7. The number of aromatic carboxylic acids is 4. The maximum absolute atomic E-state index is 12.1. The number of nitrogens with zero attached hydrogens (tertiary/aromatic N) is 2. The number of rotatable bonds is 4. The van der Waals surface area contributed by atoms with E-state index in [4.69, 9.17) is 0 Å². The number of hydrogen-bond acceptors (Lipinski definition) is 6. The number of aromatic amines is 2. The molecule has 0 unspecified atom stereocenters. The van der Waals surface area contributed by atoms with Crippen molar-refractivity contribution in [1.29, 1.82) is 0 Å². The Balaban J connectivity index is 0.00000320. The molecule has 0 aromatic carbocycles. The number of H-pyrrole nitrogens is 2. The van der Waals surface area contributed by atoms with Crippen LogP contribution in [0, 0.1) is 0 Å². The van der Waals surface area contributed by atoms with Crippen molar-refractivity contribution in [1.82, 2.24) is 19.9 Å². The molecule has 37 heavy (non-hydrogen) atoms. The standard InChI is InChI=1S/C24H14N4O8.Ti/c29-21(30)17-9-1-2-10(25-9)18(22(31)32)12-5-6-14(27-12)20(24(35)36)16-8-7-15(28-16)19(23(33)34)13-4-3-11(17)26-13;/h1-8,25-26H,(H,29,30)(H,31,32)(H,33,34)(H,35,36);. The van der Waals surface area contributed by atoms with E-state index in [0.717, 1.165) is 0 Å². The van der Waals surface area contributed by atoms with Crippen LogP contribution in [0.3, 0.4) is 0 Å². The first-order valence-corrected chi connectivity index (χ1v) is 10.2. The van der Waals surface area contributed by atoms with Gasteiger partial charge in [-0.05, 0) is 48.6 Å². The molecular formula is C24H14N4O8Ti. The summed E-state index contributed by atoms with van der Waals surface area (Å²) in [6.45, 7) is 0. The van der Waals surface area contributed by atoms with E-state index in [9.17, 15) is 39.6 Å². The van der Waals surface area contributed by atoms with Crippen LogP contribution < -0.4 is 0 Å². The van der Waals surface area contributed by atoms with Crippen LogP contribution in [0.15, 0.2) is 24.3 Å². The minimum atomic E-state index is -1.40. The zero-order valence-electron chi connectivity index (χ0n) is 18.4. The molecule has 0 radical (unpaired) electrons. The number of carbonyl (C=O) groups is 4. The molecule has 2 aliphatic rings. The summed E-state index contributed by atoms with van der Waals surface area (Å²) in [7, 11) is 0. The summed E-state index contributed by atoms with van der Waals surface area (Å²) in [6.07, 6.45) is 5.26. The molecule has 0 amide bonds. The van der Waals surface area contributed by atoms with Crippen molar-refractivity contribution in [3.05, 3.63) is 69.3 Å². The quantitative estimate of drug-likeness (QED) is 0.185. The maximum atomic E-state index is 12.1. The van der Waals surface area contributed by atoms with Gasteiger partial charge in [0.1, 0.15) is 22.3 Å². The van der Waals surface area contributed by atoms with Crippen LogP contribution in [0.1, 0.15) is 64.2 Å². The summed E-state index contributed by atoms with van der Waals surface area (Å²) < 4.78 is 0. The molecule has 3 aromatic rings. The van der Waals surface area contributed by atoms with E-state index in [1.165, 1.54) is 48.6 Å². The SMILES string of the molecule is O=C(O)c1c2nc(c(C(=O)O)c3ccc([nH]3)c(C(=O)O)c3ccc([nH]3)c(C(=O)O)c3nc1C=C3)C=C2.[Ti]. The van der Waals surface area contributed by atoms with Gasteiger partial charge in [0, 0.05) is 21.7 Å².